The first kappa shape index (κ1) is 113. The van der Waals surface area contributed by atoms with Crippen LogP contribution in [0.2, 0.25) is 0 Å². The van der Waals surface area contributed by atoms with Crippen LogP contribution >= 0.6 is 0 Å². The molecule has 1 aliphatic carbocycles. The van der Waals surface area contributed by atoms with Crippen LogP contribution in [0.15, 0.2) is 10.3 Å². The van der Waals surface area contributed by atoms with Crippen LogP contribution in [0.5, 0.6) is 0 Å². The molecular weight excluding hydrogens is 1750 g/mol. The molecule has 0 radical (unpaired) electrons. The summed E-state index contributed by atoms with van der Waals surface area (Å²) in [7, 11) is 14.0. The van der Waals surface area contributed by atoms with Crippen molar-refractivity contribution in [2.45, 2.75) is 443 Å². The molecule has 8 heterocycles. The van der Waals surface area contributed by atoms with Crippen molar-refractivity contribution in [2.75, 3.05) is 76.4 Å². The van der Waals surface area contributed by atoms with E-state index in [1.807, 2.05) is 156 Å². The quantitative estimate of drug-likeness (QED) is 0.0175. The predicted octanol–water partition coefficient (Wildman–Crippen LogP) is 12.8. The maximum atomic E-state index is 15.1. The molecule has 0 amide bonds. The van der Waals surface area contributed by atoms with Gasteiger partial charge in [0.15, 0.2) is 60.8 Å². The van der Waals surface area contributed by atoms with Crippen molar-refractivity contribution >= 4 is 47.6 Å². The molecule has 0 aromatic carbocycles. The highest BCUT2D eigenvalue weighted by atomic mass is 16.8. The van der Waals surface area contributed by atoms with E-state index in [9.17, 15) is 34.4 Å². The third-order valence-corrected chi connectivity index (χ3v) is 29.7. The van der Waals surface area contributed by atoms with E-state index >= 15 is 4.79 Å². The number of carbonyl (C=O) groups is 6. The fourth-order valence-corrected chi connectivity index (χ4v) is 22.4. The van der Waals surface area contributed by atoms with Crippen LogP contribution in [0.25, 0.3) is 0 Å². The summed E-state index contributed by atoms with van der Waals surface area (Å²) in [6.45, 7) is 44.9. The monoisotopic (exact) mass is 1910 g/mol. The zero-order valence-corrected chi connectivity index (χ0v) is 86.1. The molecule has 9 rings (SSSR count). The van der Waals surface area contributed by atoms with E-state index in [1.165, 1.54) is 13.8 Å². The molecule has 3 N–H and O–H groups in total. The van der Waals surface area contributed by atoms with Crippen LogP contribution < -0.4 is 5.73 Å². The summed E-state index contributed by atoms with van der Waals surface area (Å²) in [5, 5.41) is 28.7. The number of carbonyl (C=O) groups excluding carboxylic acids is 6. The number of hydrogen-bond acceptors (Lipinski definition) is 37. The van der Waals surface area contributed by atoms with Gasteiger partial charge in [-0.1, -0.05) is 72.1 Å². The lowest BCUT2D eigenvalue weighted by molar-refractivity contribution is -0.322. The molecule has 0 aromatic heterocycles. The topological polar surface area (TPSA) is 425 Å². The summed E-state index contributed by atoms with van der Waals surface area (Å²) in [5.41, 5.74) is -0.615. The smallest absolute Gasteiger partial charge is 0.458 e. The summed E-state index contributed by atoms with van der Waals surface area (Å²) < 4.78 is 148. The molecule has 9 aliphatic rings. The SMILES string of the molecule is CC[C@H]1OC(=O)[C@H](C)[C@@H](O[C@H]2C[C@@](C)(OC)[C@@H](OCCC#N)[C@H](C)O2)[C@H](C)[C@@H](O[C@@H]2O[C@H](C)C[C@H](N(C)C)[C@H]2OC(C)=O)[C@](C)(OC)C[C@@H](C)/C(=N\OC2(OC(C)C)CCCCC2)[C@H](C)[C@H]2OC(=O)O[C@@]21C.CC[C@H]1OC(=O)[C@H](C)[C@@H](O[C@H]2C[C@@](C)(OC)[C@@H](OCCCN)[C@H](C)O2)[C@H](C)[C@@H](O[C@@H]2O[C@H](C)C[C@H](N(C)C)[C@H]2OC(C)=O)[C@](C)(OC)C[C@@H](C)/C(=N\O)[C@H](C)[C@H]2OC(=O)O[C@@]21C. The second kappa shape index (κ2) is 48.5. The van der Waals surface area contributed by atoms with Gasteiger partial charge in [0, 0.05) is 110 Å². The van der Waals surface area contributed by atoms with E-state index in [4.69, 9.17) is 125 Å². The normalized spacial score (nSPS) is 42.8. The molecule has 0 aromatic rings. The van der Waals surface area contributed by atoms with E-state index in [-0.39, 0.29) is 81.9 Å². The Hall–Kier alpha value is -5.87. The molecule has 8 aliphatic heterocycles. The van der Waals surface area contributed by atoms with Gasteiger partial charge in [0.1, 0.15) is 24.4 Å². The van der Waals surface area contributed by atoms with E-state index in [2.05, 4.69) is 11.2 Å². The summed E-state index contributed by atoms with van der Waals surface area (Å²) in [6.07, 6.45) is -10.9. The van der Waals surface area contributed by atoms with Gasteiger partial charge in [-0.05, 0) is 189 Å². The average molecular weight is 1910 g/mol. The number of fused-ring (bicyclic) bond motifs is 2. The van der Waals surface area contributed by atoms with E-state index in [0.29, 0.717) is 56.7 Å². The van der Waals surface area contributed by atoms with Crippen molar-refractivity contribution in [1.29, 1.82) is 5.26 Å². The van der Waals surface area contributed by atoms with Gasteiger partial charge < -0.3 is 135 Å². The molecular formula is C97H166N6O31. The van der Waals surface area contributed by atoms with E-state index < -0.39 is 234 Å². The number of ether oxygens (including phenoxy) is 23. The Balaban J connectivity index is 0.000000333. The maximum absolute atomic E-state index is 15.1. The van der Waals surface area contributed by atoms with Crippen molar-refractivity contribution in [3.63, 3.8) is 0 Å². The molecule has 37 nitrogen and oxygen atoms in total. The van der Waals surface area contributed by atoms with Gasteiger partial charge in [-0.25, -0.2) is 9.59 Å². The van der Waals surface area contributed by atoms with E-state index in [0.717, 1.165) is 19.3 Å². The number of nitriles is 1. The molecule has 1 saturated carbocycles. The van der Waals surface area contributed by atoms with E-state index in [1.54, 1.807) is 63.1 Å². The largest absolute Gasteiger partial charge is 0.509 e. The summed E-state index contributed by atoms with van der Waals surface area (Å²) >= 11 is 0. The first-order valence-electron chi connectivity index (χ1n) is 48.6. The molecule has 36 atom stereocenters. The molecule has 0 spiro atoms. The molecule has 0 unspecified atom stereocenters. The number of methoxy groups -OCH3 is 4. The van der Waals surface area contributed by atoms with Crippen molar-refractivity contribution in [2.24, 2.45) is 63.4 Å². The van der Waals surface area contributed by atoms with Crippen molar-refractivity contribution in [3.8, 4) is 6.07 Å². The van der Waals surface area contributed by atoms with Crippen LogP contribution in [0.1, 0.15) is 262 Å². The minimum atomic E-state index is -1.47. The molecule has 37 heteroatoms. The molecule has 134 heavy (non-hydrogen) atoms. The first-order valence-corrected chi connectivity index (χ1v) is 48.6. The van der Waals surface area contributed by atoms with Gasteiger partial charge in [-0.15, -0.1) is 0 Å². The zero-order valence-electron chi connectivity index (χ0n) is 86.1. The lowest BCUT2D eigenvalue weighted by Gasteiger charge is -2.50. The molecule has 8 saturated heterocycles. The third kappa shape index (κ3) is 26.5. The van der Waals surface area contributed by atoms with Crippen LogP contribution in [0.3, 0.4) is 0 Å². The van der Waals surface area contributed by atoms with Gasteiger partial charge in [-0.2, -0.15) is 5.26 Å². The zero-order chi connectivity index (χ0) is 100.0. The molecule has 9 fully saturated rings. The number of nitrogens with two attached hydrogens (primary N) is 1. The Morgan fingerprint density at radius 2 is 0.918 bits per heavy atom. The van der Waals surface area contributed by atoms with Crippen molar-refractivity contribution in [3.05, 3.63) is 0 Å². The standard InChI is InChI=1S/C53H89N3O16.C44H77N3O15/c1-18-39-52(13)45(69-49(59)71-52)33(6)41(55-72-53(70-30(2)3)23-20-19-21-24-53)31(4)28-50(11,60-16)44(68-48-43(65-37(10)57)38(56(14)15)27-32(5)63-48)34(7)42(35(8)47(58)66-39)67-40-29-51(12,61-17)46(36(9)64-40)62-26-22-25-54;1-16-31-44(11)37(61-41(50)62-44)25(4)33(46-51)23(2)21-42(9,52-14)36(60-40-35(57-29(8)48)30(47(12)13)20-24(3)55-40)26(5)34(27(6)39(49)58-31)59-32-22-43(10,53-15)38(28(7)56-32)54-19-17-18-45/h30-36,38-40,42-46,48H,18-24,26-29H2,1-17H3;23-28,30-32,34-38,40,51H,16-22,45H2,1-15H3/b55-41+;46-33+/t31-,32-,33+,34+,35-,36+,38+,39-,40+,42+,43-,44-,45-,46+,48+,50-,51-,52-;23-,24-,25+,26+,27-,28+,30+,31-,32+,34+,35-,36-,37-,38+,40+,42-,43-,44-/m11/s1. The summed E-state index contributed by atoms with van der Waals surface area (Å²) in [5.74, 6) is -9.07. The Bertz CT molecular complexity index is 3890. The van der Waals surface area contributed by atoms with Crippen LogP contribution in [-0.4, -0.2) is 319 Å². The lowest BCUT2D eigenvalue weighted by Crippen LogP contribution is -2.62. The van der Waals surface area contributed by atoms with Gasteiger partial charge in [-0.3, -0.25) is 19.2 Å². The number of hydrogen-bond donors (Lipinski definition) is 2. The number of nitrogens with zero attached hydrogens (tertiary/aromatic N) is 5. The number of oxime groups is 2. The first-order chi connectivity index (χ1) is 62.8. The van der Waals surface area contributed by atoms with Crippen LogP contribution in [0.4, 0.5) is 9.59 Å². The highest BCUT2D eigenvalue weighted by Gasteiger charge is 2.64. The number of cyclic esters (lactones) is 2. The van der Waals surface area contributed by atoms with Gasteiger partial charge in [0.05, 0.1) is 132 Å². The highest BCUT2D eigenvalue weighted by Crippen LogP contribution is 2.50. The lowest BCUT2D eigenvalue weighted by atomic mass is 9.73. The molecule has 0 bridgehead atoms. The fourth-order valence-electron chi connectivity index (χ4n) is 22.4. The summed E-state index contributed by atoms with van der Waals surface area (Å²) in [4.78, 5) is 92.3. The number of likely N-dealkylation sites (N-methyl/N-ethyl adjacent to an activating group) is 2. The fraction of sp³-hybridized carbons (Fsp3) is 0.907. The maximum Gasteiger partial charge on any atom is 0.509 e. The number of rotatable bonds is 29. The minimum absolute atomic E-state index is 0.148. The summed E-state index contributed by atoms with van der Waals surface area (Å²) in [6, 6.07) is 1.56. The average Bonchev–Trinajstić information content (AvgIpc) is 1.61. The Labute approximate surface area is 795 Å². The van der Waals surface area contributed by atoms with Gasteiger partial charge in [0.25, 0.3) is 0 Å². The van der Waals surface area contributed by atoms with Crippen molar-refractivity contribution in [1.82, 2.24) is 9.80 Å². The Morgan fingerprint density at radius 3 is 1.28 bits per heavy atom. The molecule has 770 valence electrons. The van der Waals surface area contributed by atoms with Crippen molar-refractivity contribution < 1.29 is 148 Å². The van der Waals surface area contributed by atoms with Crippen LogP contribution in [-0.2, 0) is 133 Å². The van der Waals surface area contributed by atoms with Gasteiger partial charge in [0.2, 0.25) is 5.79 Å². The Morgan fingerprint density at radius 1 is 0.530 bits per heavy atom. The third-order valence-electron chi connectivity index (χ3n) is 29.7. The van der Waals surface area contributed by atoms with Crippen LogP contribution in [0, 0.1) is 58.7 Å². The number of esters is 4. The van der Waals surface area contributed by atoms with Gasteiger partial charge >= 0.3 is 36.2 Å². The Kier molecular flexibility index (Phi) is 41.1. The predicted molar refractivity (Wildman–Crippen MR) is 489 cm³/mol. The second-order valence-electron chi connectivity index (χ2n) is 40.9. The highest BCUT2D eigenvalue weighted by molar-refractivity contribution is 5.90. The minimum Gasteiger partial charge on any atom is -0.458 e. The second-order valence-corrected chi connectivity index (χ2v) is 40.9.